The van der Waals surface area contributed by atoms with Crippen molar-refractivity contribution >= 4 is 21.8 Å². The summed E-state index contributed by atoms with van der Waals surface area (Å²) in [7, 11) is 0. The smallest absolute Gasteiger partial charge is 0.342 e. The number of nitriles is 1. The van der Waals surface area contributed by atoms with E-state index in [2.05, 4.69) is 36.3 Å². The van der Waals surface area contributed by atoms with Crippen LogP contribution in [0.1, 0.15) is 45.8 Å². The van der Waals surface area contributed by atoms with Crippen molar-refractivity contribution in [2.45, 2.75) is 26.1 Å². The third-order valence-electron chi connectivity index (χ3n) is 4.10. The summed E-state index contributed by atoms with van der Waals surface area (Å²) in [5, 5.41) is 15.7. The molecule has 1 N–H and O–H groups in total. The van der Waals surface area contributed by atoms with Gasteiger partial charge in [-0.2, -0.15) is 23.1 Å². The van der Waals surface area contributed by atoms with E-state index in [1.54, 1.807) is 19.1 Å². The quantitative estimate of drug-likeness (QED) is 0.608. The molecule has 0 radical (unpaired) electrons. The Morgan fingerprint density at radius 3 is 2.63 bits per heavy atom. The average Bonchev–Trinajstić information content (AvgIpc) is 3.08. The first kappa shape index (κ1) is 21.4. The fourth-order valence-electron chi connectivity index (χ4n) is 2.75. The lowest BCUT2D eigenvalue weighted by Crippen LogP contribution is -2.29. The van der Waals surface area contributed by atoms with Crippen LogP contribution in [-0.2, 0) is 6.18 Å². The third kappa shape index (κ3) is 4.65. The van der Waals surface area contributed by atoms with E-state index >= 15 is 0 Å². The molecule has 1 amide bonds. The molecule has 0 spiro atoms. The monoisotopic (exact) mass is 478 g/mol. The normalized spacial score (nSPS) is 12.3. The molecule has 0 saturated carbocycles. The van der Waals surface area contributed by atoms with Crippen molar-refractivity contribution in [3.05, 3.63) is 69.3 Å². The maximum absolute atomic E-state index is 13.1. The van der Waals surface area contributed by atoms with Gasteiger partial charge in [0.1, 0.15) is 6.07 Å². The lowest BCUT2D eigenvalue weighted by molar-refractivity contribution is -0.137. The van der Waals surface area contributed by atoms with Gasteiger partial charge in [-0.3, -0.25) is 4.79 Å². The number of amides is 1. The molecule has 154 valence electrons. The summed E-state index contributed by atoms with van der Waals surface area (Å²) in [6.45, 7) is 3.11. The van der Waals surface area contributed by atoms with Crippen LogP contribution in [0.15, 0.2) is 41.3 Å². The lowest BCUT2D eigenvalue weighted by atomic mass is 10.1. The molecule has 3 rings (SSSR count). The Morgan fingerprint density at radius 2 is 2.03 bits per heavy atom. The summed E-state index contributed by atoms with van der Waals surface area (Å²) in [5.74, 6) is -0.0236. The zero-order valence-corrected chi connectivity index (χ0v) is 17.3. The molecule has 0 aliphatic heterocycles. The van der Waals surface area contributed by atoms with E-state index in [0.717, 1.165) is 12.1 Å². The highest BCUT2D eigenvalue weighted by Crippen LogP contribution is 2.30. The molecular formula is C19H14BrF3N6O. The fourth-order valence-corrected chi connectivity index (χ4v) is 3.09. The van der Waals surface area contributed by atoms with Crippen molar-refractivity contribution in [3.63, 3.8) is 0 Å². The number of rotatable bonds is 4. The topological polar surface area (TPSA) is 96.5 Å². The Labute approximate surface area is 177 Å². The number of benzene rings is 1. The summed E-state index contributed by atoms with van der Waals surface area (Å²) in [5.41, 5.74) is -0.333. The Balaban J connectivity index is 1.88. The second kappa shape index (κ2) is 8.23. The van der Waals surface area contributed by atoms with Crippen LogP contribution < -0.4 is 5.32 Å². The van der Waals surface area contributed by atoms with Crippen LogP contribution in [0.25, 0.3) is 5.82 Å². The number of carbonyl (C=O) groups is 1. The van der Waals surface area contributed by atoms with Gasteiger partial charge in [0.15, 0.2) is 11.6 Å². The number of aromatic nitrogens is 4. The second-order valence-corrected chi connectivity index (χ2v) is 7.16. The minimum Gasteiger partial charge on any atom is -0.342 e. The van der Waals surface area contributed by atoms with Crippen LogP contribution in [0.2, 0.25) is 0 Å². The van der Waals surface area contributed by atoms with Crippen molar-refractivity contribution in [1.29, 1.82) is 5.26 Å². The van der Waals surface area contributed by atoms with E-state index in [4.69, 9.17) is 5.26 Å². The Kier molecular flexibility index (Phi) is 5.89. The van der Waals surface area contributed by atoms with Gasteiger partial charge in [0.2, 0.25) is 4.73 Å². The van der Waals surface area contributed by atoms with Crippen LogP contribution in [0.5, 0.6) is 0 Å². The van der Waals surface area contributed by atoms with E-state index < -0.39 is 23.7 Å². The maximum Gasteiger partial charge on any atom is 0.416 e. The molecule has 0 saturated heterocycles. The number of aryl methyl sites for hydroxylation is 1. The second-order valence-electron chi connectivity index (χ2n) is 6.45. The molecule has 11 heteroatoms. The molecule has 1 atom stereocenters. The maximum atomic E-state index is 13.1. The lowest BCUT2D eigenvalue weighted by Gasteiger charge is -2.15. The Bertz CT molecular complexity index is 1130. The zero-order chi connectivity index (χ0) is 22.1. The summed E-state index contributed by atoms with van der Waals surface area (Å²) >= 11 is 3.17. The molecule has 0 bridgehead atoms. The number of halogens is 4. The van der Waals surface area contributed by atoms with Crippen molar-refractivity contribution in [2.75, 3.05) is 0 Å². The van der Waals surface area contributed by atoms with E-state index in [-0.39, 0.29) is 10.3 Å². The molecule has 7 nitrogen and oxygen atoms in total. The first-order valence-electron chi connectivity index (χ1n) is 8.57. The molecule has 0 aliphatic rings. The predicted octanol–water partition coefficient (Wildman–Crippen LogP) is 4.11. The number of nitrogens with one attached hydrogen (secondary N) is 1. The summed E-state index contributed by atoms with van der Waals surface area (Å²) in [6.07, 6.45) is -3.19. The zero-order valence-electron chi connectivity index (χ0n) is 15.7. The van der Waals surface area contributed by atoms with Gasteiger partial charge in [-0.1, -0.05) is 0 Å². The van der Waals surface area contributed by atoms with Gasteiger partial charge in [0, 0.05) is 11.8 Å². The van der Waals surface area contributed by atoms with Gasteiger partial charge in [-0.05, 0) is 65.7 Å². The van der Waals surface area contributed by atoms with Gasteiger partial charge < -0.3 is 5.32 Å². The Morgan fingerprint density at radius 1 is 1.30 bits per heavy atom. The number of nitrogens with zero attached hydrogens (tertiary/aromatic N) is 5. The highest BCUT2D eigenvalue weighted by molar-refractivity contribution is 9.10. The number of pyridine rings is 1. The van der Waals surface area contributed by atoms with Gasteiger partial charge in [0.05, 0.1) is 17.2 Å². The van der Waals surface area contributed by atoms with Crippen LogP contribution in [0.3, 0.4) is 0 Å². The minimum atomic E-state index is -4.56. The highest BCUT2D eigenvalue weighted by Gasteiger charge is 2.31. The summed E-state index contributed by atoms with van der Waals surface area (Å²) in [4.78, 5) is 21.0. The SMILES string of the molecule is Cc1cc(C(=O)NC(C)c2nc(Br)nn2-c2ccc(C#N)cn2)cc(C(F)(F)F)c1. The van der Waals surface area contributed by atoms with E-state index in [0.29, 0.717) is 22.8 Å². The molecule has 0 fully saturated rings. The minimum absolute atomic E-state index is 0.115. The standard InChI is InChI=1S/C19H14BrF3N6O/c1-10-5-13(7-14(6-10)19(21,22)23)17(30)26-11(2)16-27-18(20)28-29(16)15-4-3-12(8-24)9-25-15/h3-7,9,11H,1-2H3,(H,26,30). The summed E-state index contributed by atoms with van der Waals surface area (Å²) in [6, 6.07) is 7.52. The van der Waals surface area contributed by atoms with Gasteiger partial charge in [-0.25, -0.2) is 9.97 Å². The molecule has 3 aromatic rings. The molecular weight excluding hydrogens is 465 g/mol. The Hall–Kier alpha value is -3.26. The van der Waals surface area contributed by atoms with Crippen molar-refractivity contribution in [2.24, 2.45) is 0 Å². The molecule has 2 aromatic heterocycles. The fraction of sp³-hybridized carbons (Fsp3) is 0.211. The van der Waals surface area contributed by atoms with E-state index in [1.165, 1.54) is 23.9 Å². The van der Waals surface area contributed by atoms with Gasteiger partial charge in [-0.15, -0.1) is 5.10 Å². The highest BCUT2D eigenvalue weighted by atomic mass is 79.9. The molecule has 1 unspecified atom stereocenters. The number of hydrogen-bond acceptors (Lipinski definition) is 5. The largest absolute Gasteiger partial charge is 0.416 e. The number of alkyl halides is 3. The molecule has 30 heavy (non-hydrogen) atoms. The van der Waals surface area contributed by atoms with Crippen molar-refractivity contribution < 1.29 is 18.0 Å². The van der Waals surface area contributed by atoms with Crippen LogP contribution in [-0.4, -0.2) is 25.7 Å². The third-order valence-corrected chi connectivity index (χ3v) is 4.44. The first-order valence-corrected chi connectivity index (χ1v) is 9.36. The van der Waals surface area contributed by atoms with E-state index in [1.807, 2.05) is 6.07 Å². The van der Waals surface area contributed by atoms with Crippen molar-refractivity contribution in [3.8, 4) is 11.9 Å². The van der Waals surface area contributed by atoms with Crippen LogP contribution >= 0.6 is 15.9 Å². The average molecular weight is 479 g/mol. The van der Waals surface area contributed by atoms with E-state index in [9.17, 15) is 18.0 Å². The number of carbonyl (C=O) groups excluding carboxylic acids is 1. The van der Waals surface area contributed by atoms with Crippen molar-refractivity contribution in [1.82, 2.24) is 25.1 Å². The molecule has 2 heterocycles. The molecule has 0 aliphatic carbocycles. The van der Waals surface area contributed by atoms with Crippen LogP contribution in [0.4, 0.5) is 13.2 Å². The van der Waals surface area contributed by atoms with Gasteiger partial charge >= 0.3 is 6.18 Å². The molecule has 1 aromatic carbocycles. The first-order chi connectivity index (χ1) is 14.1. The number of hydrogen-bond donors (Lipinski definition) is 1. The predicted molar refractivity (Wildman–Crippen MR) is 104 cm³/mol. The van der Waals surface area contributed by atoms with Gasteiger partial charge in [0.25, 0.3) is 5.91 Å². The summed E-state index contributed by atoms with van der Waals surface area (Å²) < 4.78 is 40.8. The van der Waals surface area contributed by atoms with Crippen LogP contribution in [0, 0.1) is 18.3 Å².